The summed E-state index contributed by atoms with van der Waals surface area (Å²) in [5.74, 6) is 0. The second-order valence-corrected chi connectivity index (χ2v) is 18.2. The number of rotatable bonds is 7. The molecule has 234 valence electrons. The number of hydrogen-bond acceptors (Lipinski definition) is 4. The van der Waals surface area contributed by atoms with Crippen molar-refractivity contribution in [1.29, 1.82) is 0 Å². The molecule has 4 aromatic carbocycles. The molecule has 0 radical (unpaired) electrons. The summed E-state index contributed by atoms with van der Waals surface area (Å²) < 4.78 is 44.9. The van der Waals surface area contributed by atoms with E-state index in [9.17, 15) is 14.0 Å². The van der Waals surface area contributed by atoms with Crippen molar-refractivity contribution >= 4 is 57.7 Å². The van der Waals surface area contributed by atoms with Crippen molar-refractivity contribution in [2.75, 3.05) is 0 Å². The van der Waals surface area contributed by atoms with Crippen LogP contribution in [0.15, 0.2) is 163 Å². The molecule has 0 saturated heterocycles. The van der Waals surface area contributed by atoms with Gasteiger partial charge in [0.25, 0.3) is 0 Å². The summed E-state index contributed by atoms with van der Waals surface area (Å²) in [4.78, 5) is 0. The molecule has 3 aliphatic rings. The van der Waals surface area contributed by atoms with Gasteiger partial charge in [-0.15, -0.1) is 0 Å². The minimum absolute atomic E-state index is 0.257. The molecule has 1 unspecified atom stereocenters. The number of fused-ring (bicyclic) bond motifs is 2. The van der Waals surface area contributed by atoms with Crippen molar-refractivity contribution in [3.8, 4) is 0 Å². The standard InChI is InChI=1S/C40H31ClO4Se2/c42-41(43,44)45-47-39-21-10-8-19-36(39)34(28-40(47)32-16-5-2-6-17-32)25-23-30-13-11-12-29(26-30)22-24-33-27-38(31-14-3-1-4-15-31)46-37-20-9-7-18-35(33)37/h1-10,14-28H,11-13H2/b25-23+,29-22+,33-24+. The zero-order valence-corrected chi connectivity index (χ0v) is 29.6. The Hall–Kier alpha value is -3.64. The average Bonchev–Trinajstić information content (AvgIpc) is 3.10. The molecule has 7 heteroatoms. The maximum absolute atomic E-state index is 11.8. The van der Waals surface area contributed by atoms with Crippen LogP contribution in [0.5, 0.6) is 0 Å². The fourth-order valence-corrected chi connectivity index (χ4v) is 13.3. The van der Waals surface area contributed by atoms with E-state index in [1.807, 2.05) is 60.7 Å². The molecule has 0 saturated carbocycles. The molecule has 2 aliphatic heterocycles. The van der Waals surface area contributed by atoms with Gasteiger partial charge in [0, 0.05) is 0 Å². The van der Waals surface area contributed by atoms with Gasteiger partial charge < -0.3 is 0 Å². The Kier molecular flexibility index (Phi) is 9.67. The third-order valence-electron chi connectivity index (χ3n) is 8.10. The van der Waals surface area contributed by atoms with E-state index in [1.54, 1.807) is 0 Å². The van der Waals surface area contributed by atoms with Crippen LogP contribution in [0.4, 0.5) is 0 Å². The molecule has 0 spiro atoms. The monoisotopic (exact) mass is 770 g/mol. The number of halogens is 1. The van der Waals surface area contributed by atoms with Crippen LogP contribution in [0.2, 0.25) is 0 Å². The van der Waals surface area contributed by atoms with Crippen LogP contribution in [0.1, 0.15) is 41.5 Å². The van der Waals surface area contributed by atoms with E-state index in [-0.39, 0.29) is 15.0 Å². The first kappa shape index (κ1) is 31.9. The Balaban J connectivity index is 1.22. The van der Waals surface area contributed by atoms with Crippen molar-refractivity contribution in [1.82, 2.24) is 0 Å². The van der Waals surface area contributed by atoms with Gasteiger partial charge in [-0.1, -0.05) is 0 Å². The van der Waals surface area contributed by atoms with Crippen LogP contribution < -0.4 is 22.9 Å². The SMILES string of the molecule is [O-][Cl+3]([O-])([O-])O[Se]1=C(c2ccccc2)C=C(/C=C/C2=CC(=C/C=C3\C=C(c4ccccc4)[Se]c4ccccc43)/CCC2)c2ccccc21. The van der Waals surface area contributed by atoms with Crippen LogP contribution >= 0.6 is 0 Å². The Morgan fingerprint density at radius 2 is 1.34 bits per heavy atom. The van der Waals surface area contributed by atoms with Gasteiger partial charge >= 0.3 is 290 Å². The molecule has 1 aliphatic carbocycles. The molecule has 0 N–H and O–H groups in total. The first-order chi connectivity index (χ1) is 22.9. The molecule has 0 amide bonds. The molecule has 0 fully saturated rings. The number of benzene rings is 4. The molecule has 4 aromatic rings. The van der Waals surface area contributed by atoms with Gasteiger partial charge in [-0.05, 0) is 0 Å². The van der Waals surface area contributed by atoms with Crippen molar-refractivity contribution < 1.29 is 27.6 Å². The van der Waals surface area contributed by atoms with Crippen LogP contribution in [0.3, 0.4) is 0 Å². The fourth-order valence-electron chi connectivity index (χ4n) is 5.91. The molecule has 1 atom stereocenters. The van der Waals surface area contributed by atoms with E-state index in [4.69, 9.17) is 3.37 Å². The van der Waals surface area contributed by atoms with Gasteiger partial charge in [0.2, 0.25) is 0 Å². The first-order valence-corrected chi connectivity index (χ1v) is 20.7. The summed E-state index contributed by atoms with van der Waals surface area (Å²) in [7, 11) is -4.59. The summed E-state index contributed by atoms with van der Waals surface area (Å²) in [6.07, 6.45) is 18.5. The van der Waals surface area contributed by atoms with Crippen LogP contribution in [-0.2, 0) is 3.37 Å². The Morgan fingerprint density at radius 1 is 0.660 bits per heavy atom. The molecule has 47 heavy (non-hydrogen) atoms. The number of allylic oxidation sites excluding steroid dienone is 11. The molecule has 2 heterocycles. The Labute approximate surface area is 288 Å². The van der Waals surface area contributed by atoms with Gasteiger partial charge in [-0.3, -0.25) is 0 Å². The quantitative estimate of drug-likeness (QED) is 0.266. The van der Waals surface area contributed by atoms with Gasteiger partial charge in [-0.25, -0.2) is 0 Å². The topological polar surface area (TPSA) is 78.4 Å². The Bertz CT molecular complexity index is 2030. The van der Waals surface area contributed by atoms with Crippen molar-refractivity contribution in [3.05, 3.63) is 185 Å². The molecular formula is C40H31ClO4Se2. The van der Waals surface area contributed by atoms with Crippen molar-refractivity contribution in [2.24, 2.45) is 0 Å². The Morgan fingerprint density at radius 3 is 2.11 bits per heavy atom. The van der Waals surface area contributed by atoms with Crippen molar-refractivity contribution in [2.45, 2.75) is 19.3 Å². The molecule has 0 bridgehead atoms. The second kappa shape index (κ2) is 14.2. The maximum atomic E-state index is 11.8. The average molecular weight is 769 g/mol. The molecule has 0 aromatic heterocycles. The van der Waals surface area contributed by atoms with Gasteiger partial charge in [-0.2, -0.15) is 0 Å². The second-order valence-electron chi connectivity index (χ2n) is 11.3. The zero-order valence-electron chi connectivity index (χ0n) is 25.4. The normalized spacial score (nSPS) is 19.7. The minimum atomic E-state index is -4.59. The van der Waals surface area contributed by atoms with E-state index in [0.717, 1.165) is 44.8 Å². The summed E-state index contributed by atoms with van der Waals surface area (Å²) in [6.45, 7) is 0. The predicted octanol–water partition coefficient (Wildman–Crippen LogP) is 4.06. The van der Waals surface area contributed by atoms with Gasteiger partial charge in [0.05, 0.1) is 0 Å². The summed E-state index contributed by atoms with van der Waals surface area (Å²) >= 11 is -2.38. The summed E-state index contributed by atoms with van der Waals surface area (Å²) in [5.41, 5.74) is 9.07. The van der Waals surface area contributed by atoms with Crippen LogP contribution in [0, 0.1) is 10.2 Å². The van der Waals surface area contributed by atoms with E-state index in [1.165, 1.54) is 36.8 Å². The van der Waals surface area contributed by atoms with Crippen LogP contribution in [0.25, 0.3) is 15.6 Å². The predicted molar refractivity (Wildman–Crippen MR) is 185 cm³/mol. The first-order valence-electron chi connectivity index (χ1n) is 15.3. The molecule has 4 nitrogen and oxygen atoms in total. The van der Waals surface area contributed by atoms with Gasteiger partial charge in [0.1, 0.15) is 0 Å². The van der Waals surface area contributed by atoms with E-state index in [0.29, 0.717) is 0 Å². The molecule has 7 rings (SSSR count). The van der Waals surface area contributed by atoms with Gasteiger partial charge in [0.15, 0.2) is 0 Å². The summed E-state index contributed by atoms with van der Waals surface area (Å²) in [6, 6.07) is 36.6. The van der Waals surface area contributed by atoms with Crippen molar-refractivity contribution in [3.63, 3.8) is 0 Å². The number of hydrogen-bond donors (Lipinski definition) is 0. The summed E-state index contributed by atoms with van der Waals surface area (Å²) in [5, 5.41) is 0. The molecular weight excluding hydrogens is 738 g/mol. The third kappa shape index (κ3) is 7.59. The van der Waals surface area contributed by atoms with E-state index >= 15 is 0 Å². The third-order valence-corrected chi connectivity index (χ3v) is 15.7. The van der Waals surface area contributed by atoms with E-state index < -0.39 is 24.0 Å². The zero-order chi connectivity index (χ0) is 32.2. The fraction of sp³-hybridized carbons (Fsp3) is 0.0750. The van der Waals surface area contributed by atoms with E-state index in [2.05, 4.69) is 91.1 Å². The van der Waals surface area contributed by atoms with Crippen LogP contribution in [-0.4, -0.2) is 33.2 Å².